The molecular formula is C24H30N6O. The van der Waals surface area contributed by atoms with Gasteiger partial charge in [0.25, 0.3) is 0 Å². The summed E-state index contributed by atoms with van der Waals surface area (Å²) in [5, 5.41) is 17.5. The molecule has 0 bridgehead atoms. The van der Waals surface area contributed by atoms with Crippen LogP contribution in [0.3, 0.4) is 0 Å². The largest absolute Gasteiger partial charge is 0.497 e. The third-order valence-electron chi connectivity index (χ3n) is 6.11. The van der Waals surface area contributed by atoms with Crippen LogP contribution in [0.1, 0.15) is 50.7 Å². The number of nitrogens with zero attached hydrogens (tertiary/aromatic N) is 3. The molecule has 1 aliphatic rings. The molecule has 7 heteroatoms. The van der Waals surface area contributed by atoms with E-state index in [9.17, 15) is 5.26 Å². The Kier molecular flexibility index (Phi) is 5.99. The lowest BCUT2D eigenvalue weighted by Gasteiger charge is -2.35. The Hall–Kier alpha value is -3.27. The zero-order chi connectivity index (χ0) is 21.8. The molecule has 0 radical (unpaired) electrons. The number of aromatic amines is 1. The van der Waals surface area contributed by atoms with Gasteiger partial charge >= 0.3 is 0 Å². The minimum Gasteiger partial charge on any atom is -0.497 e. The molecule has 0 aliphatic heterocycles. The van der Waals surface area contributed by atoms with Crippen LogP contribution in [0.15, 0.2) is 30.6 Å². The molecule has 162 valence electrons. The van der Waals surface area contributed by atoms with Crippen LogP contribution >= 0.6 is 0 Å². The number of ether oxygens (including phenoxy) is 1. The molecule has 1 aliphatic carbocycles. The average Bonchev–Trinajstić information content (AvgIpc) is 3.15. The van der Waals surface area contributed by atoms with E-state index in [0.29, 0.717) is 35.3 Å². The van der Waals surface area contributed by atoms with Crippen LogP contribution < -0.4 is 15.4 Å². The molecule has 1 atom stereocenters. The highest BCUT2D eigenvalue weighted by atomic mass is 16.5. The maximum atomic E-state index is 9.48. The second-order valence-corrected chi connectivity index (χ2v) is 9.07. The molecule has 0 unspecified atom stereocenters. The van der Waals surface area contributed by atoms with Gasteiger partial charge in [0, 0.05) is 35.8 Å². The van der Waals surface area contributed by atoms with E-state index in [0.717, 1.165) is 30.5 Å². The molecule has 0 amide bonds. The molecule has 3 aromatic rings. The molecule has 4 rings (SSSR count). The highest BCUT2D eigenvalue weighted by molar-refractivity contribution is 5.84. The van der Waals surface area contributed by atoms with Crippen LogP contribution in [0, 0.1) is 16.7 Å². The zero-order valence-corrected chi connectivity index (χ0v) is 18.5. The number of anilines is 2. The van der Waals surface area contributed by atoms with Crippen molar-refractivity contribution in [3.8, 4) is 11.8 Å². The third-order valence-corrected chi connectivity index (χ3v) is 6.11. The predicted octanol–water partition coefficient (Wildman–Crippen LogP) is 4.87. The SMILES string of the molecule is COc1ccc2c(CCNc3ncc(C#N)c(N[C@@H]4CCCC(C)(C)C4)n3)c[nH]c2c1. The summed E-state index contributed by atoms with van der Waals surface area (Å²) in [5.74, 6) is 2.01. The zero-order valence-electron chi connectivity index (χ0n) is 18.5. The number of methoxy groups -OCH3 is 1. The number of rotatable bonds is 7. The molecule has 1 saturated carbocycles. The summed E-state index contributed by atoms with van der Waals surface area (Å²) in [6.07, 6.45) is 9.08. The number of H-pyrrole nitrogens is 1. The fourth-order valence-electron chi connectivity index (χ4n) is 4.48. The van der Waals surface area contributed by atoms with Crippen molar-refractivity contribution < 1.29 is 4.74 Å². The van der Waals surface area contributed by atoms with Crippen molar-refractivity contribution in [1.29, 1.82) is 5.26 Å². The van der Waals surface area contributed by atoms with E-state index < -0.39 is 0 Å². The van der Waals surface area contributed by atoms with E-state index >= 15 is 0 Å². The number of nitriles is 1. The van der Waals surface area contributed by atoms with Crippen LogP contribution in [0.2, 0.25) is 0 Å². The maximum absolute atomic E-state index is 9.48. The summed E-state index contributed by atoms with van der Waals surface area (Å²) in [6.45, 7) is 5.31. The Labute approximate surface area is 183 Å². The van der Waals surface area contributed by atoms with E-state index in [2.05, 4.69) is 51.6 Å². The van der Waals surface area contributed by atoms with Crippen molar-refractivity contribution in [3.63, 3.8) is 0 Å². The molecule has 3 N–H and O–H groups in total. The number of nitrogens with one attached hydrogen (secondary N) is 3. The summed E-state index contributed by atoms with van der Waals surface area (Å²) in [5.41, 5.74) is 3.09. The number of hydrogen-bond acceptors (Lipinski definition) is 6. The summed E-state index contributed by atoms with van der Waals surface area (Å²) >= 11 is 0. The summed E-state index contributed by atoms with van der Waals surface area (Å²) < 4.78 is 5.29. The van der Waals surface area contributed by atoms with Crippen molar-refractivity contribution in [2.24, 2.45) is 5.41 Å². The molecule has 1 fully saturated rings. The van der Waals surface area contributed by atoms with Gasteiger partial charge in [0.05, 0.1) is 13.3 Å². The first-order valence-corrected chi connectivity index (χ1v) is 10.9. The Balaban J connectivity index is 1.41. The van der Waals surface area contributed by atoms with E-state index in [1.165, 1.54) is 23.8 Å². The lowest BCUT2D eigenvalue weighted by Crippen LogP contribution is -2.32. The van der Waals surface area contributed by atoms with E-state index in [1.54, 1.807) is 13.3 Å². The molecule has 31 heavy (non-hydrogen) atoms. The standard InChI is InChI=1S/C24H30N6O/c1-24(2)9-4-5-18(12-24)29-22-17(13-25)15-28-23(30-22)26-10-8-16-14-27-21-11-19(31-3)6-7-20(16)21/h6-7,11,14-15,18,27H,4-5,8-10,12H2,1-3H3,(H2,26,28,29,30)/t18-/m1/s1. The lowest BCUT2D eigenvalue weighted by molar-refractivity contribution is 0.229. The summed E-state index contributed by atoms with van der Waals surface area (Å²) in [4.78, 5) is 12.2. The molecule has 2 heterocycles. The second-order valence-electron chi connectivity index (χ2n) is 9.07. The van der Waals surface area contributed by atoms with Gasteiger partial charge in [-0.3, -0.25) is 0 Å². The van der Waals surface area contributed by atoms with Gasteiger partial charge in [-0.15, -0.1) is 0 Å². The van der Waals surface area contributed by atoms with Crippen molar-refractivity contribution >= 4 is 22.7 Å². The maximum Gasteiger partial charge on any atom is 0.224 e. The molecule has 0 saturated heterocycles. The van der Waals surface area contributed by atoms with Crippen molar-refractivity contribution in [2.75, 3.05) is 24.3 Å². The quantitative estimate of drug-likeness (QED) is 0.506. The fourth-order valence-corrected chi connectivity index (χ4v) is 4.48. The van der Waals surface area contributed by atoms with Crippen LogP contribution in [0.4, 0.5) is 11.8 Å². The Bertz CT molecular complexity index is 1100. The minimum absolute atomic E-state index is 0.320. The van der Waals surface area contributed by atoms with Crippen molar-refractivity contribution in [2.45, 2.75) is 52.0 Å². The van der Waals surface area contributed by atoms with Gasteiger partial charge < -0.3 is 20.4 Å². The second kappa shape index (κ2) is 8.84. The fraction of sp³-hybridized carbons (Fsp3) is 0.458. The van der Waals surface area contributed by atoms with Crippen LogP contribution in [-0.2, 0) is 6.42 Å². The van der Waals surface area contributed by atoms with Gasteiger partial charge in [0.1, 0.15) is 23.2 Å². The normalized spacial score (nSPS) is 17.8. The number of benzene rings is 1. The first kappa shape index (κ1) is 21.0. The average molecular weight is 419 g/mol. The summed E-state index contributed by atoms with van der Waals surface area (Å²) in [6, 6.07) is 8.60. The van der Waals surface area contributed by atoms with Crippen molar-refractivity contribution in [1.82, 2.24) is 15.0 Å². The van der Waals surface area contributed by atoms with Gasteiger partial charge in [-0.05, 0) is 48.8 Å². The molecule has 1 aromatic carbocycles. The van der Waals surface area contributed by atoms with Gasteiger partial charge in [-0.2, -0.15) is 10.2 Å². The van der Waals surface area contributed by atoms with Crippen molar-refractivity contribution in [3.05, 3.63) is 41.7 Å². The number of hydrogen-bond donors (Lipinski definition) is 3. The highest BCUT2D eigenvalue weighted by Crippen LogP contribution is 2.36. The molecular weight excluding hydrogens is 388 g/mol. The van der Waals surface area contributed by atoms with E-state index in [1.807, 2.05) is 18.3 Å². The molecule has 0 spiro atoms. The predicted molar refractivity (Wildman–Crippen MR) is 123 cm³/mol. The minimum atomic E-state index is 0.320. The topological polar surface area (TPSA) is 98.7 Å². The Morgan fingerprint density at radius 3 is 3.00 bits per heavy atom. The lowest BCUT2D eigenvalue weighted by atomic mass is 9.75. The first-order valence-electron chi connectivity index (χ1n) is 10.9. The van der Waals surface area contributed by atoms with Gasteiger partial charge in [0.15, 0.2) is 0 Å². The smallest absolute Gasteiger partial charge is 0.224 e. The number of aromatic nitrogens is 3. The third kappa shape index (κ3) is 4.91. The van der Waals surface area contributed by atoms with E-state index in [4.69, 9.17) is 4.74 Å². The monoisotopic (exact) mass is 418 g/mol. The van der Waals surface area contributed by atoms with Gasteiger partial charge in [0.2, 0.25) is 5.95 Å². The highest BCUT2D eigenvalue weighted by Gasteiger charge is 2.28. The molecule has 7 nitrogen and oxygen atoms in total. The first-order chi connectivity index (χ1) is 15.0. The van der Waals surface area contributed by atoms with Crippen LogP contribution in [0.5, 0.6) is 5.75 Å². The summed E-state index contributed by atoms with van der Waals surface area (Å²) in [7, 11) is 1.67. The molecule has 2 aromatic heterocycles. The number of fused-ring (bicyclic) bond motifs is 1. The Morgan fingerprint density at radius 2 is 2.23 bits per heavy atom. The van der Waals surface area contributed by atoms with E-state index in [-0.39, 0.29) is 0 Å². The Morgan fingerprint density at radius 1 is 1.35 bits per heavy atom. The van der Waals surface area contributed by atoms with Gasteiger partial charge in [-0.1, -0.05) is 20.3 Å². The van der Waals surface area contributed by atoms with Crippen LogP contribution in [-0.4, -0.2) is 34.6 Å². The van der Waals surface area contributed by atoms with Crippen LogP contribution in [0.25, 0.3) is 10.9 Å². The van der Waals surface area contributed by atoms with Gasteiger partial charge in [-0.25, -0.2) is 4.98 Å².